The number of halogens is 2. The highest BCUT2D eigenvalue weighted by atomic mass is 32.1. The molecule has 3 N–H and O–H groups in total. The van der Waals surface area contributed by atoms with Crippen molar-refractivity contribution >= 4 is 25.9 Å². The van der Waals surface area contributed by atoms with Gasteiger partial charge >= 0.3 is 13.7 Å². The third kappa shape index (κ3) is 6.89. The highest BCUT2D eigenvalue weighted by Gasteiger charge is 2.57. The SMILES string of the molecule is CC(C)OC(=O)[C@H](C)NP(=O)(OC[C@@]1(CF)O[C@@H](n2ccc(=O)[nH]c2=S)[C@@H](F)C1O)Oc1ccccc1. The molecule has 0 radical (unpaired) electrons. The number of carbonyl (C=O) groups excluding carboxylic acids is 1. The van der Waals surface area contributed by atoms with Crippen LogP contribution in [0.2, 0.25) is 0 Å². The van der Waals surface area contributed by atoms with Crippen molar-refractivity contribution in [1.82, 2.24) is 14.6 Å². The van der Waals surface area contributed by atoms with Crippen LogP contribution in [-0.4, -0.2) is 63.9 Å². The van der Waals surface area contributed by atoms with Gasteiger partial charge in [0.15, 0.2) is 22.8 Å². The molecule has 0 bridgehead atoms. The number of esters is 1. The number of para-hydroxylation sites is 1. The minimum Gasteiger partial charge on any atom is -0.462 e. The number of hydrogen-bond donors (Lipinski definition) is 3. The molecule has 6 atom stereocenters. The van der Waals surface area contributed by atoms with Crippen LogP contribution in [0.4, 0.5) is 8.78 Å². The molecule has 37 heavy (non-hydrogen) atoms. The predicted molar refractivity (Wildman–Crippen MR) is 130 cm³/mol. The average molecular weight is 564 g/mol. The first-order valence-corrected chi connectivity index (χ1v) is 13.2. The normalized spacial score (nSPS) is 26.0. The molecule has 1 aliphatic heterocycles. The summed E-state index contributed by atoms with van der Waals surface area (Å²) in [4.78, 5) is 26.0. The lowest BCUT2D eigenvalue weighted by Gasteiger charge is -2.31. The van der Waals surface area contributed by atoms with Crippen molar-refractivity contribution in [2.45, 2.75) is 57.0 Å². The van der Waals surface area contributed by atoms with Crippen molar-refractivity contribution in [3.63, 3.8) is 0 Å². The molecule has 2 heterocycles. The molecule has 1 aromatic carbocycles. The quantitative estimate of drug-likeness (QED) is 0.212. The smallest absolute Gasteiger partial charge is 0.459 e. The van der Waals surface area contributed by atoms with E-state index in [1.54, 1.807) is 32.0 Å². The summed E-state index contributed by atoms with van der Waals surface area (Å²) in [5.41, 5.74) is -2.88. The number of aliphatic hydroxyl groups excluding tert-OH is 1. The van der Waals surface area contributed by atoms with Crippen molar-refractivity contribution in [3.05, 3.63) is 57.7 Å². The number of H-pyrrole nitrogens is 1. The van der Waals surface area contributed by atoms with E-state index in [4.69, 9.17) is 30.7 Å². The van der Waals surface area contributed by atoms with E-state index in [-0.39, 0.29) is 10.5 Å². The maximum Gasteiger partial charge on any atom is 0.459 e. The second-order valence-corrected chi connectivity index (χ2v) is 10.7. The summed E-state index contributed by atoms with van der Waals surface area (Å²) in [6.07, 6.45) is -5.22. The lowest BCUT2D eigenvalue weighted by molar-refractivity contribution is -0.149. The van der Waals surface area contributed by atoms with Gasteiger partial charge in [0.2, 0.25) is 0 Å². The number of rotatable bonds is 11. The largest absolute Gasteiger partial charge is 0.462 e. The Bertz CT molecular complexity index is 1250. The predicted octanol–water partition coefficient (Wildman–Crippen LogP) is 2.98. The van der Waals surface area contributed by atoms with Crippen LogP contribution in [0.5, 0.6) is 5.75 Å². The van der Waals surface area contributed by atoms with E-state index in [1.165, 1.54) is 19.1 Å². The van der Waals surface area contributed by atoms with Gasteiger partial charge in [0.1, 0.15) is 24.6 Å². The van der Waals surface area contributed by atoms with E-state index in [9.17, 15) is 23.7 Å². The van der Waals surface area contributed by atoms with Crippen LogP contribution in [-0.2, 0) is 23.4 Å². The summed E-state index contributed by atoms with van der Waals surface area (Å²) in [7, 11) is -4.46. The molecule has 11 nitrogen and oxygen atoms in total. The number of aromatic nitrogens is 2. The Kier molecular flexibility index (Phi) is 9.37. The first-order valence-electron chi connectivity index (χ1n) is 11.2. The molecule has 1 fully saturated rings. The van der Waals surface area contributed by atoms with Gasteiger partial charge in [-0.15, -0.1) is 0 Å². The fraction of sp³-hybridized carbons (Fsp3) is 0.500. The topological polar surface area (TPSA) is 141 Å². The molecule has 0 aliphatic carbocycles. The maximum absolute atomic E-state index is 15.1. The van der Waals surface area contributed by atoms with Crippen LogP contribution in [0.3, 0.4) is 0 Å². The van der Waals surface area contributed by atoms with E-state index >= 15 is 4.39 Å². The first-order chi connectivity index (χ1) is 17.4. The van der Waals surface area contributed by atoms with Gasteiger partial charge in [-0.05, 0) is 45.1 Å². The third-order valence-corrected chi connectivity index (χ3v) is 7.26. The van der Waals surface area contributed by atoms with Crippen LogP contribution >= 0.6 is 20.0 Å². The lowest BCUT2D eigenvalue weighted by Crippen LogP contribution is -2.48. The number of benzene rings is 1. The number of alkyl halides is 2. The third-order valence-electron chi connectivity index (χ3n) is 5.32. The molecular formula is C22H28F2N3O8PS. The van der Waals surface area contributed by atoms with Crippen LogP contribution < -0.4 is 15.2 Å². The number of nitrogens with zero attached hydrogens (tertiary/aromatic N) is 1. The minimum absolute atomic E-state index is 0.0886. The molecule has 1 saturated heterocycles. The van der Waals surface area contributed by atoms with Gasteiger partial charge in [-0.25, -0.2) is 13.3 Å². The molecule has 0 spiro atoms. The first kappa shape index (κ1) is 29.1. The summed E-state index contributed by atoms with van der Waals surface area (Å²) in [6.45, 7) is 2.22. The monoisotopic (exact) mass is 563 g/mol. The molecule has 0 saturated carbocycles. The number of aromatic amines is 1. The van der Waals surface area contributed by atoms with Gasteiger partial charge in [0, 0.05) is 12.3 Å². The summed E-state index contributed by atoms with van der Waals surface area (Å²) < 4.78 is 65.4. The Morgan fingerprint density at radius 3 is 2.59 bits per heavy atom. The van der Waals surface area contributed by atoms with Crippen LogP contribution in [0.25, 0.3) is 0 Å². The Labute approximate surface area is 216 Å². The zero-order valence-electron chi connectivity index (χ0n) is 20.2. The zero-order chi connectivity index (χ0) is 27.4. The maximum atomic E-state index is 15.1. The van der Waals surface area contributed by atoms with E-state index < -0.39 is 68.8 Å². The summed E-state index contributed by atoms with van der Waals surface area (Å²) >= 11 is 5.01. The second-order valence-electron chi connectivity index (χ2n) is 8.63. The van der Waals surface area contributed by atoms with E-state index in [2.05, 4.69) is 10.1 Å². The number of hydrogen-bond acceptors (Lipinski definition) is 9. The average Bonchev–Trinajstić information content (AvgIpc) is 3.08. The van der Waals surface area contributed by atoms with Crippen molar-refractivity contribution in [3.8, 4) is 5.75 Å². The Morgan fingerprint density at radius 1 is 1.32 bits per heavy atom. The Morgan fingerprint density at radius 2 is 2.00 bits per heavy atom. The van der Waals surface area contributed by atoms with Gasteiger partial charge in [0.25, 0.3) is 5.56 Å². The van der Waals surface area contributed by atoms with Crippen molar-refractivity contribution in [2.24, 2.45) is 0 Å². The zero-order valence-corrected chi connectivity index (χ0v) is 21.9. The highest BCUT2D eigenvalue weighted by Crippen LogP contribution is 2.48. The molecule has 15 heteroatoms. The molecule has 1 aromatic heterocycles. The second kappa shape index (κ2) is 11.9. The Balaban J connectivity index is 1.86. The number of carbonyl (C=O) groups is 1. The van der Waals surface area contributed by atoms with Gasteiger partial charge in [-0.1, -0.05) is 18.2 Å². The molecule has 2 unspecified atom stereocenters. The minimum atomic E-state index is -4.46. The number of ether oxygens (including phenoxy) is 2. The van der Waals surface area contributed by atoms with E-state index in [1.807, 2.05) is 0 Å². The highest BCUT2D eigenvalue weighted by molar-refractivity contribution is 7.71. The lowest BCUT2D eigenvalue weighted by atomic mass is 9.98. The van der Waals surface area contributed by atoms with Gasteiger partial charge in [-0.3, -0.25) is 23.7 Å². The van der Waals surface area contributed by atoms with Crippen molar-refractivity contribution in [2.75, 3.05) is 13.3 Å². The molecule has 3 rings (SSSR count). The standard InChI is InChI=1S/C22H28F2N3O8PS/c1-13(2)33-20(30)14(3)26-36(31,35-15-7-5-4-6-8-15)32-12-22(11-23)18(29)17(24)19(34-22)27-10-9-16(28)25-21(27)37/h4-10,13-14,17-19,29H,11-12H2,1-3H3,(H,26,31)(H,25,28,37)/t14-,17-,18?,19+,22+,36?/m0/s1. The van der Waals surface area contributed by atoms with Crippen LogP contribution in [0, 0.1) is 4.77 Å². The summed E-state index contributed by atoms with van der Waals surface area (Å²) in [5.74, 6) is -0.671. The molecule has 0 amide bonds. The van der Waals surface area contributed by atoms with E-state index in [0.717, 1.165) is 16.8 Å². The molecular weight excluding hydrogens is 535 g/mol. The van der Waals surface area contributed by atoms with Crippen LogP contribution in [0.1, 0.15) is 27.0 Å². The fourth-order valence-electron chi connectivity index (χ4n) is 3.46. The molecule has 2 aromatic rings. The number of aliphatic hydroxyl groups is 1. The van der Waals surface area contributed by atoms with Crippen LogP contribution in [0.15, 0.2) is 47.4 Å². The van der Waals surface area contributed by atoms with Crippen molar-refractivity contribution in [1.29, 1.82) is 0 Å². The Hall–Kier alpha value is -2.48. The van der Waals surface area contributed by atoms with Gasteiger partial charge in [0.05, 0.1) is 12.7 Å². The summed E-state index contributed by atoms with van der Waals surface area (Å²) in [6, 6.07) is 7.66. The number of nitrogens with one attached hydrogen (secondary N) is 2. The van der Waals surface area contributed by atoms with Crippen molar-refractivity contribution < 1.29 is 41.8 Å². The molecule has 204 valence electrons. The van der Waals surface area contributed by atoms with E-state index in [0.29, 0.717) is 0 Å². The van der Waals surface area contributed by atoms with Gasteiger partial charge in [-0.2, -0.15) is 5.09 Å². The summed E-state index contributed by atoms with van der Waals surface area (Å²) in [5, 5.41) is 13.0. The van der Waals surface area contributed by atoms with Gasteiger partial charge < -0.3 is 19.1 Å². The fourth-order valence-corrected chi connectivity index (χ4v) is 5.27. The molecule has 1 aliphatic rings.